The Morgan fingerprint density at radius 2 is 1.86 bits per heavy atom. The van der Waals surface area contributed by atoms with Crippen LogP contribution in [0.5, 0.6) is 5.75 Å². The summed E-state index contributed by atoms with van der Waals surface area (Å²) in [5, 5.41) is 9.50. The lowest BCUT2D eigenvalue weighted by Gasteiger charge is -2.29. The van der Waals surface area contributed by atoms with Crippen molar-refractivity contribution in [2.75, 3.05) is 7.11 Å². The third-order valence-corrected chi connectivity index (χ3v) is 3.44. The van der Waals surface area contributed by atoms with E-state index in [-0.39, 0.29) is 12.2 Å². The van der Waals surface area contributed by atoms with Crippen LogP contribution in [0.1, 0.15) is 26.3 Å². The number of carbonyl (C=O) groups excluding carboxylic acids is 2. The smallest absolute Gasteiger partial charge is 0.338 e. The van der Waals surface area contributed by atoms with Crippen molar-refractivity contribution in [1.29, 1.82) is 0 Å². The van der Waals surface area contributed by atoms with Crippen LogP contribution in [0.15, 0.2) is 22.7 Å². The third-order valence-electron chi connectivity index (χ3n) is 2.81. The zero-order valence-electron chi connectivity index (χ0n) is 13.0. The molecule has 22 heavy (non-hydrogen) atoms. The van der Waals surface area contributed by atoms with Gasteiger partial charge in [-0.25, -0.2) is 9.59 Å². The lowest BCUT2D eigenvalue weighted by molar-refractivity contribution is -0.170. The van der Waals surface area contributed by atoms with Crippen LogP contribution in [0.2, 0.25) is 0 Å². The van der Waals surface area contributed by atoms with Crippen molar-refractivity contribution < 1.29 is 24.2 Å². The van der Waals surface area contributed by atoms with E-state index in [1.807, 2.05) is 0 Å². The molecule has 0 aromatic heterocycles. The van der Waals surface area contributed by atoms with Gasteiger partial charge >= 0.3 is 11.9 Å². The zero-order valence-corrected chi connectivity index (χ0v) is 14.6. The number of rotatable bonds is 4. The third kappa shape index (κ3) is 4.45. The highest BCUT2D eigenvalue weighted by molar-refractivity contribution is 9.10. The number of hydrogen-bond acceptors (Lipinski definition) is 6. The molecular formula is C15H20BrNO5. The molecule has 6 nitrogen and oxygen atoms in total. The Kier molecular flexibility index (Phi) is 5.59. The molecule has 0 saturated carbocycles. The van der Waals surface area contributed by atoms with Crippen LogP contribution in [-0.2, 0) is 25.5 Å². The molecule has 0 saturated heterocycles. The second-order valence-corrected chi connectivity index (χ2v) is 6.78. The molecule has 1 atom stereocenters. The summed E-state index contributed by atoms with van der Waals surface area (Å²) in [6.07, 6.45) is -0.118. The van der Waals surface area contributed by atoms with Crippen molar-refractivity contribution >= 4 is 27.9 Å². The fraction of sp³-hybridized carbons (Fsp3) is 0.467. The fourth-order valence-electron chi connectivity index (χ4n) is 1.76. The van der Waals surface area contributed by atoms with Gasteiger partial charge in [-0.3, -0.25) is 0 Å². The summed E-state index contributed by atoms with van der Waals surface area (Å²) in [5.41, 5.74) is 3.82. The SMILES string of the molecule is COC(=O)C(N)(Cc1ccc(O)c(Br)c1)C(=O)OC(C)(C)C. The number of phenols is 1. The summed E-state index contributed by atoms with van der Waals surface area (Å²) in [4.78, 5) is 24.3. The van der Waals surface area contributed by atoms with Crippen molar-refractivity contribution in [3.63, 3.8) is 0 Å². The van der Waals surface area contributed by atoms with E-state index in [2.05, 4.69) is 20.7 Å². The highest BCUT2D eigenvalue weighted by Crippen LogP contribution is 2.27. The number of methoxy groups -OCH3 is 1. The molecule has 1 unspecified atom stereocenters. The maximum absolute atomic E-state index is 12.3. The molecule has 0 aliphatic rings. The Morgan fingerprint density at radius 1 is 1.27 bits per heavy atom. The first-order chi connectivity index (χ1) is 9.99. The number of halogens is 1. The normalized spacial score (nSPS) is 14.1. The van der Waals surface area contributed by atoms with Crippen LogP contribution >= 0.6 is 15.9 Å². The first-order valence-electron chi connectivity index (χ1n) is 6.58. The number of ether oxygens (including phenoxy) is 2. The van der Waals surface area contributed by atoms with Gasteiger partial charge in [-0.15, -0.1) is 0 Å². The van der Waals surface area contributed by atoms with Crippen LogP contribution in [0, 0.1) is 0 Å². The van der Waals surface area contributed by atoms with Gasteiger partial charge in [0.15, 0.2) is 0 Å². The van der Waals surface area contributed by atoms with Gasteiger partial charge in [-0.05, 0) is 54.4 Å². The molecule has 0 radical (unpaired) electrons. The predicted octanol–water partition coefficient (Wildman–Crippen LogP) is 1.91. The molecule has 0 fully saturated rings. The van der Waals surface area contributed by atoms with Gasteiger partial charge in [0.05, 0.1) is 11.6 Å². The largest absolute Gasteiger partial charge is 0.507 e. The summed E-state index contributed by atoms with van der Waals surface area (Å²) in [6, 6.07) is 4.57. The number of phenolic OH excluding ortho intramolecular Hbond substituents is 1. The Labute approximate surface area is 137 Å². The average molecular weight is 374 g/mol. The van der Waals surface area contributed by atoms with Crippen LogP contribution in [0.3, 0.4) is 0 Å². The average Bonchev–Trinajstić information content (AvgIpc) is 2.39. The number of benzene rings is 1. The number of nitrogens with two attached hydrogens (primary N) is 1. The van der Waals surface area contributed by atoms with Crippen molar-refractivity contribution in [2.24, 2.45) is 5.73 Å². The molecule has 0 aliphatic carbocycles. The molecule has 1 rings (SSSR count). The van der Waals surface area contributed by atoms with E-state index in [0.29, 0.717) is 10.0 Å². The number of hydrogen-bond donors (Lipinski definition) is 2. The molecule has 0 amide bonds. The van der Waals surface area contributed by atoms with Crippen LogP contribution in [-0.4, -0.2) is 35.3 Å². The predicted molar refractivity (Wildman–Crippen MR) is 84.3 cm³/mol. The van der Waals surface area contributed by atoms with E-state index in [9.17, 15) is 14.7 Å². The molecule has 1 aromatic carbocycles. The van der Waals surface area contributed by atoms with Gasteiger partial charge in [0, 0.05) is 6.42 Å². The summed E-state index contributed by atoms with van der Waals surface area (Å²) >= 11 is 3.17. The summed E-state index contributed by atoms with van der Waals surface area (Å²) in [7, 11) is 1.15. The van der Waals surface area contributed by atoms with E-state index < -0.39 is 23.1 Å². The first kappa shape index (κ1) is 18.4. The molecule has 1 aromatic rings. The molecule has 3 N–H and O–H groups in total. The Morgan fingerprint density at radius 3 is 2.32 bits per heavy atom. The van der Waals surface area contributed by atoms with Gasteiger partial charge in [0.1, 0.15) is 11.4 Å². The Bertz CT molecular complexity index is 582. The highest BCUT2D eigenvalue weighted by Gasteiger charge is 2.46. The van der Waals surface area contributed by atoms with E-state index >= 15 is 0 Å². The molecule has 0 spiro atoms. The number of esters is 2. The minimum atomic E-state index is -1.96. The first-order valence-corrected chi connectivity index (χ1v) is 7.37. The maximum atomic E-state index is 12.3. The van der Waals surface area contributed by atoms with Crippen molar-refractivity contribution in [3.05, 3.63) is 28.2 Å². The topological polar surface area (TPSA) is 98.9 Å². The maximum Gasteiger partial charge on any atom is 0.338 e. The van der Waals surface area contributed by atoms with Gasteiger partial charge < -0.3 is 20.3 Å². The van der Waals surface area contributed by atoms with Crippen molar-refractivity contribution in [1.82, 2.24) is 0 Å². The van der Waals surface area contributed by atoms with E-state index in [1.165, 1.54) is 6.07 Å². The number of carbonyl (C=O) groups is 2. The van der Waals surface area contributed by atoms with Crippen molar-refractivity contribution in [3.8, 4) is 5.75 Å². The van der Waals surface area contributed by atoms with E-state index in [0.717, 1.165) is 7.11 Å². The Balaban J connectivity index is 3.14. The quantitative estimate of drug-likeness (QED) is 0.617. The highest BCUT2D eigenvalue weighted by atomic mass is 79.9. The molecule has 0 bridgehead atoms. The summed E-state index contributed by atoms with van der Waals surface area (Å²) in [5.74, 6) is -1.70. The summed E-state index contributed by atoms with van der Waals surface area (Å²) in [6.45, 7) is 5.04. The lowest BCUT2D eigenvalue weighted by Crippen LogP contribution is -2.59. The van der Waals surface area contributed by atoms with Gasteiger partial charge in [0.25, 0.3) is 0 Å². The minimum Gasteiger partial charge on any atom is -0.507 e. The fourth-order valence-corrected chi connectivity index (χ4v) is 2.19. The second kappa shape index (κ2) is 6.66. The Hall–Kier alpha value is -1.60. The van der Waals surface area contributed by atoms with E-state index in [1.54, 1.807) is 32.9 Å². The van der Waals surface area contributed by atoms with Gasteiger partial charge in [-0.1, -0.05) is 6.07 Å². The molecule has 0 aliphatic heterocycles. The number of aromatic hydroxyl groups is 1. The lowest BCUT2D eigenvalue weighted by atomic mass is 9.91. The standard InChI is InChI=1S/C15H20BrNO5/c1-14(2,3)22-13(20)15(17,12(19)21-4)8-9-5-6-11(18)10(16)7-9/h5-7,18H,8,17H2,1-4H3. The zero-order chi connectivity index (χ0) is 17.1. The van der Waals surface area contributed by atoms with Crippen LogP contribution in [0.4, 0.5) is 0 Å². The molecule has 7 heteroatoms. The summed E-state index contributed by atoms with van der Waals surface area (Å²) < 4.78 is 10.3. The van der Waals surface area contributed by atoms with Crippen LogP contribution < -0.4 is 5.73 Å². The molecule has 122 valence electrons. The van der Waals surface area contributed by atoms with Crippen LogP contribution in [0.25, 0.3) is 0 Å². The van der Waals surface area contributed by atoms with Gasteiger partial charge in [0.2, 0.25) is 5.54 Å². The monoisotopic (exact) mass is 373 g/mol. The van der Waals surface area contributed by atoms with Crippen molar-refractivity contribution in [2.45, 2.75) is 38.3 Å². The minimum absolute atomic E-state index is 0.0432. The van der Waals surface area contributed by atoms with Gasteiger partial charge in [-0.2, -0.15) is 0 Å². The second-order valence-electron chi connectivity index (χ2n) is 5.93. The molecule has 0 heterocycles. The van der Waals surface area contributed by atoms with E-state index in [4.69, 9.17) is 10.5 Å². The molecular weight excluding hydrogens is 354 g/mol.